The van der Waals surface area contributed by atoms with Gasteiger partial charge in [-0.25, -0.2) is 0 Å². The van der Waals surface area contributed by atoms with Crippen LogP contribution in [0.1, 0.15) is 0 Å². The Labute approximate surface area is 71.9 Å². The van der Waals surface area contributed by atoms with Crippen LogP contribution in [0.4, 0.5) is 0 Å². The summed E-state index contributed by atoms with van der Waals surface area (Å²) in [5.41, 5.74) is 0. The number of hydrogen-bond donors (Lipinski definition) is 0. The molecule has 0 bridgehead atoms. The molecule has 0 aliphatic heterocycles. The van der Waals surface area contributed by atoms with E-state index in [-0.39, 0.29) is 6.79 Å². The summed E-state index contributed by atoms with van der Waals surface area (Å²) in [6.45, 7) is 0.257. The molecule has 1 aromatic carbocycles. The molecule has 0 N–H and O–H groups in total. The van der Waals surface area contributed by atoms with Crippen LogP contribution in [-0.2, 0) is 4.74 Å². The van der Waals surface area contributed by atoms with Crippen molar-refractivity contribution in [2.75, 3.05) is 21.0 Å². The SMILES string of the molecule is COCOc1cccc(OC)c1. The smallest absolute Gasteiger partial charge is 0.188 e. The minimum atomic E-state index is 0.257. The lowest BCUT2D eigenvalue weighted by Crippen LogP contribution is -1.98. The van der Waals surface area contributed by atoms with Crippen LogP contribution < -0.4 is 9.47 Å². The molecule has 1 rings (SSSR count). The van der Waals surface area contributed by atoms with E-state index in [1.165, 1.54) is 0 Å². The van der Waals surface area contributed by atoms with Gasteiger partial charge < -0.3 is 14.2 Å². The van der Waals surface area contributed by atoms with Gasteiger partial charge in [-0.15, -0.1) is 0 Å². The van der Waals surface area contributed by atoms with Gasteiger partial charge >= 0.3 is 0 Å². The van der Waals surface area contributed by atoms with E-state index in [4.69, 9.17) is 14.2 Å². The highest BCUT2D eigenvalue weighted by Gasteiger charge is 1.94. The Morgan fingerprint density at radius 3 is 2.58 bits per heavy atom. The van der Waals surface area contributed by atoms with Gasteiger partial charge in [-0.05, 0) is 12.1 Å². The van der Waals surface area contributed by atoms with Crippen molar-refractivity contribution in [3.63, 3.8) is 0 Å². The average Bonchev–Trinajstić information content (AvgIpc) is 2.15. The van der Waals surface area contributed by atoms with Gasteiger partial charge in [0.15, 0.2) is 6.79 Å². The molecule has 0 saturated heterocycles. The maximum atomic E-state index is 5.20. The number of benzene rings is 1. The number of hydrogen-bond acceptors (Lipinski definition) is 3. The monoisotopic (exact) mass is 168 g/mol. The summed E-state index contributed by atoms with van der Waals surface area (Å²) in [7, 11) is 3.20. The van der Waals surface area contributed by atoms with Crippen LogP contribution in [0.3, 0.4) is 0 Å². The van der Waals surface area contributed by atoms with Crippen molar-refractivity contribution in [2.24, 2.45) is 0 Å². The molecule has 0 aliphatic rings. The quantitative estimate of drug-likeness (QED) is 0.640. The number of methoxy groups -OCH3 is 2. The lowest BCUT2D eigenvalue weighted by atomic mass is 10.3. The lowest BCUT2D eigenvalue weighted by Gasteiger charge is -2.05. The van der Waals surface area contributed by atoms with Crippen molar-refractivity contribution in [3.05, 3.63) is 24.3 Å². The predicted molar refractivity (Wildman–Crippen MR) is 45.5 cm³/mol. The second-order valence-corrected chi connectivity index (χ2v) is 2.23. The van der Waals surface area contributed by atoms with Crippen LogP contribution in [-0.4, -0.2) is 21.0 Å². The topological polar surface area (TPSA) is 27.7 Å². The second kappa shape index (κ2) is 4.62. The maximum absolute atomic E-state index is 5.20. The normalized spacial score (nSPS) is 9.50. The molecular formula is C9H12O3. The zero-order valence-electron chi connectivity index (χ0n) is 7.24. The van der Waals surface area contributed by atoms with E-state index in [0.717, 1.165) is 11.5 Å². The number of ether oxygens (including phenoxy) is 3. The third-order valence-corrected chi connectivity index (χ3v) is 1.38. The molecule has 0 atom stereocenters. The van der Waals surface area contributed by atoms with E-state index >= 15 is 0 Å². The first-order valence-electron chi connectivity index (χ1n) is 3.62. The summed E-state index contributed by atoms with van der Waals surface area (Å²) in [5.74, 6) is 1.53. The first kappa shape index (κ1) is 8.87. The van der Waals surface area contributed by atoms with E-state index in [1.807, 2.05) is 18.2 Å². The molecule has 1 aromatic rings. The van der Waals surface area contributed by atoms with Crippen LogP contribution in [0.2, 0.25) is 0 Å². The van der Waals surface area contributed by atoms with Crippen LogP contribution in [0.25, 0.3) is 0 Å². The van der Waals surface area contributed by atoms with E-state index in [9.17, 15) is 0 Å². The zero-order valence-corrected chi connectivity index (χ0v) is 7.24. The summed E-state index contributed by atoms with van der Waals surface area (Å²) in [6, 6.07) is 7.38. The Hall–Kier alpha value is -1.22. The largest absolute Gasteiger partial charge is 0.497 e. The van der Waals surface area contributed by atoms with Crippen LogP contribution in [0, 0.1) is 0 Å². The first-order valence-corrected chi connectivity index (χ1v) is 3.62. The van der Waals surface area contributed by atoms with Gasteiger partial charge in [0.25, 0.3) is 0 Å². The summed E-state index contributed by atoms with van der Waals surface area (Å²) in [5, 5.41) is 0. The van der Waals surface area contributed by atoms with Gasteiger partial charge in [0.2, 0.25) is 0 Å². The summed E-state index contributed by atoms with van der Waals surface area (Å²) >= 11 is 0. The molecule has 0 fully saturated rings. The van der Waals surface area contributed by atoms with Crippen molar-refractivity contribution in [3.8, 4) is 11.5 Å². The molecule has 0 aliphatic carbocycles. The minimum absolute atomic E-state index is 0.257. The van der Waals surface area contributed by atoms with E-state index in [0.29, 0.717) is 0 Å². The molecule has 3 nitrogen and oxygen atoms in total. The number of rotatable bonds is 4. The Bertz CT molecular complexity index is 235. The van der Waals surface area contributed by atoms with Gasteiger partial charge in [0.1, 0.15) is 11.5 Å². The lowest BCUT2D eigenvalue weighted by molar-refractivity contribution is 0.0510. The van der Waals surface area contributed by atoms with Gasteiger partial charge in [-0.3, -0.25) is 0 Å². The first-order chi connectivity index (χ1) is 5.86. The van der Waals surface area contributed by atoms with Crippen molar-refractivity contribution in [2.45, 2.75) is 0 Å². The Kier molecular flexibility index (Phi) is 3.41. The Balaban J connectivity index is 2.60. The standard InChI is InChI=1S/C9H12O3/c1-10-7-12-9-5-3-4-8(6-9)11-2/h3-6H,7H2,1-2H3. The van der Waals surface area contributed by atoms with Gasteiger partial charge in [-0.2, -0.15) is 0 Å². The van der Waals surface area contributed by atoms with E-state index in [2.05, 4.69) is 0 Å². The molecule has 0 saturated carbocycles. The fourth-order valence-corrected chi connectivity index (χ4v) is 0.818. The summed E-state index contributed by atoms with van der Waals surface area (Å²) in [4.78, 5) is 0. The minimum Gasteiger partial charge on any atom is -0.497 e. The van der Waals surface area contributed by atoms with Gasteiger partial charge in [0.05, 0.1) is 7.11 Å². The maximum Gasteiger partial charge on any atom is 0.188 e. The highest BCUT2D eigenvalue weighted by Crippen LogP contribution is 2.18. The highest BCUT2D eigenvalue weighted by molar-refractivity contribution is 5.32. The van der Waals surface area contributed by atoms with Crippen LogP contribution >= 0.6 is 0 Å². The molecule has 3 heteroatoms. The molecule has 66 valence electrons. The van der Waals surface area contributed by atoms with Crippen molar-refractivity contribution >= 4 is 0 Å². The molecule has 0 aromatic heterocycles. The molecule has 0 amide bonds. The highest BCUT2D eigenvalue weighted by atomic mass is 16.7. The van der Waals surface area contributed by atoms with Crippen molar-refractivity contribution < 1.29 is 14.2 Å². The molecule has 0 spiro atoms. The van der Waals surface area contributed by atoms with Gasteiger partial charge in [0, 0.05) is 13.2 Å². The zero-order chi connectivity index (χ0) is 8.81. The van der Waals surface area contributed by atoms with Crippen LogP contribution in [0.15, 0.2) is 24.3 Å². The molecule has 0 radical (unpaired) electrons. The van der Waals surface area contributed by atoms with Crippen molar-refractivity contribution in [1.82, 2.24) is 0 Å². The van der Waals surface area contributed by atoms with Crippen molar-refractivity contribution in [1.29, 1.82) is 0 Å². The van der Waals surface area contributed by atoms with E-state index < -0.39 is 0 Å². The summed E-state index contributed by atoms with van der Waals surface area (Å²) in [6.07, 6.45) is 0. The fourth-order valence-electron chi connectivity index (χ4n) is 0.818. The van der Waals surface area contributed by atoms with Crippen LogP contribution in [0.5, 0.6) is 11.5 Å². The Morgan fingerprint density at radius 2 is 1.92 bits per heavy atom. The average molecular weight is 168 g/mol. The Morgan fingerprint density at radius 1 is 1.17 bits per heavy atom. The predicted octanol–water partition coefficient (Wildman–Crippen LogP) is 1.68. The van der Waals surface area contributed by atoms with E-state index in [1.54, 1.807) is 20.3 Å². The third-order valence-electron chi connectivity index (χ3n) is 1.38. The molecular weight excluding hydrogens is 156 g/mol. The van der Waals surface area contributed by atoms with Gasteiger partial charge in [-0.1, -0.05) is 6.07 Å². The summed E-state index contributed by atoms with van der Waals surface area (Å²) < 4.78 is 15.0. The second-order valence-electron chi connectivity index (χ2n) is 2.23. The third kappa shape index (κ3) is 2.43. The molecule has 0 heterocycles. The molecule has 0 unspecified atom stereocenters. The fraction of sp³-hybridized carbons (Fsp3) is 0.333. The molecule has 12 heavy (non-hydrogen) atoms.